The van der Waals surface area contributed by atoms with Crippen LogP contribution in [0.1, 0.15) is 32.6 Å². The monoisotopic (exact) mass is 314 g/mol. The zero-order valence-electron chi connectivity index (χ0n) is 10.7. The van der Waals surface area contributed by atoms with Crippen molar-refractivity contribution < 1.29 is 5.11 Å². The first kappa shape index (κ1) is 13.6. The van der Waals surface area contributed by atoms with Gasteiger partial charge in [0.2, 0.25) is 0 Å². The first-order chi connectivity index (χ1) is 8.37. The van der Waals surface area contributed by atoms with Crippen molar-refractivity contribution in [1.29, 1.82) is 0 Å². The van der Waals surface area contributed by atoms with Gasteiger partial charge >= 0.3 is 0 Å². The normalized spacial score (nSPS) is 28.1. The number of aromatic nitrogens is 1. The molecule has 4 nitrogen and oxygen atoms in total. The number of hydrogen-bond acceptors (Lipinski definition) is 3. The predicted octanol–water partition coefficient (Wildman–Crippen LogP) is 2.25. The number of anilines is 1. The Morgan fingerprint density at radius 3 is 2.72 bits per heavy atom. The second-order valence-corrected chi connectivity index (χ2v) is 6.25. The molecular weight excluding hydrogens is 296 g/mol. The molecule has 1 aliphatic carbocycles. The number of aryl methyl sites for hydroxylation is 1. The summed E-state index contributed by atoms with van der Waals surface area (Å²) in [6.07, 6.45) is 5.22. The summed E-state index contributed by atoms with van der Waals surface area (Å²) in [5.74, 6) is 0. The highest BCUT2D eigenvalue weighted by molar-refractivity contribution is 9.10. The van der Waals surface area contributed by atoms with E-state index in [-0.39, 0.29) is 5.56 Å². The number of rotatable bonds is 2. The Kier molecular flexibility index (Phi) is 3.82. The number of hydrogen-bond donors (Lipinski definition) is 2. The molecule has 1 aromatic heterocycles. The molecule has 0 atom stereocenters. The molecule has 0 amide bonds. The summed E-state index contributed by atoms with van der Waals surface area (Å²) in [4.78, 5) is 11.6. The Labute approximate surface area is 115 Å². The van der Waals surface area contributed by atoms with Gasteiger partial charge in [-0.15, -0.1) is 0 Å². The highest BCUT2D eigenvalue weighted by Crippen LogP contribution is 2.30. The molecule has 0 unspecified atom stereocenters. The molecule has 0 aliphatic heterocycles. The van der Waals surface area contributed by atoms with Crippen LogP contribution in [0.5, 0.6) is 0 Å². The molecule has 1 saturated carbocycles. The van der Waals surface area contributed by atoms with Crippen LogP contribution >= 0.6 is 15.9 Å². The lowest BCUT2D eigenvalue weighted by molar-refractivity contribution is 0.0196. The number of pyridine rings is 1. The number of aliphatic hydroxyl groups is 1. The third kappa shape index (κ3) is 3.14. The Balaban J connectivity index is 2.07. The van der Waals surface area contributed by atoms with Gasteiger partial charge in [0.05, 0.1) is 15.8 Å². The van der Waals surface area contributed by atoms with Gasteiger partial charge in [-0.1, -0.05) is 0 Å². The van der Waals surface area contributed by atoms with Gasteiger partial charge in [-0.25, -0.2) is 0 Å². The quantitative estimate of drug-likeness (QED) is 0.880. The topological polar surface area (TPSA) is 54.3 Å². The molecule has 2 N–H and O–H groups in total. The maximum Gasteiger partial charge on any atom is 0.252 e. The highest BCUT2D eigenvalue weighted by atomic mass is 79.9. The van der Waals surface area contributed by atoms with Crippen LogP contribution in [0.2, 0.25) is 0 Å². The Hall–Kier alpha value is -0.810. The van der Waals surface area contributed by atoms with Crippen molar-refractivity contribution in [2.75, 3.05) is 5.32 Å². The lowest BCUT2D eigenvalue weighted by Gasteiger charge is -2.34. The molecule has 0 radical (unpaired) electrons. The molecule has 1 aromatic rings. The minimum absolute atomic E-state index is 0.0245. The third-order valence-electron chi connectivity index (χ3n) is 3.60. The van der Waals surface area contributed by atoms with E-state index >= 15 is 0 Å². The standard InChI is InChI=1S/C13H19BrN2O2/c1-13(18)5-3-9(4-6-13)15-11-7-12(17)16(2)8-10(11)14/h7-9,15,18H,3-6H2,1-2H3. The van der Waals surface area contributed by atoms with Gasteiger partial charge in [-0.2, -0.15) is 0 Å². The van der Waals surface area contributed by atoms with Crippen molar-refractivity contribution in [3.63, 3.8) is 0 Å². The van der Waals surface area contributed by atoms with Gasteiger partial charge in [0.15, 0.2) is 0 Å². The molecule has 1 fully saturated rings. The van der Waals surface area contributed by atoms with E-state index in [2.05, 4.69) is 21.2 Å². The molecule has 1 heterocycles. The molecule has 2 rings (SSSR count). The fourth-order valence-corrected chi connectivity index (χ4v) is 2.85. The van der Waals surface area contributed by atoms with Gasteiger partial charge in [-0.05, 0) is 48.5 Å². The van der Waals surface area contributed by atoms with Crippen LogP contribution in [0, 0.1) is 0 Å². The van der Waals surface area contributed by atoms with Gasteiger partial charge < -0.3 is 15.0 Å². The average molecular weight is 315 g/mol. The summed E-state index contributed by atoms with van der Waals surface area (Å²) in [7, 11) is 1.73. The molecular formula is C13H19BrN2O2. The molecule has 1 aliphatic rings. The van der Waals surface area contributed by atoms with Crippen LogP contribution in [0.15, 0.2) is 21.5 Å². The molecule has 0 bridgehead atoms. The van der Waals surface area contributed by atoms with Gasteiger partial charge in [-0.3, -0.25) is 4.79 Å². The first-order valence-corrected chi connectivity index (χ1v) is 7.02. The maximum atomic E-state index is 11.6. The fraction of sp³-hybridized carbons (Fsp3) is 0.615. The van der Waals surface area contributed by atoms with Crippen LogP contribution in [-0.4, -0.2) is 21.3 Å². The summed E-state index contributed by atoms with van der Waals surface area (Å²) in [5.41, 5.74) is 0.288. The molecule has 100 valence electrons. The molecule has 5 heteroatoms. The second kappa shape index (κ2) is 5.05. The zero-order chi connectivity index (χ0) is 13.3. The summed E-state index contributed by atoms with van der Waals surface area (Å²) in [6.45, 7) is 1.89. The van der Waals surface area contributed by atoms with Crippen LogP contribution in [0.3, 0.4) is 0 Å². The van der Waals surface area contributed by atoms with E-state index in [0.717, 1.165) is 35.8 Å². The van der Waals surface area contributed by atoms with E-state index < -0.39 is 5.60 Å². The van der Waals surface area contributed by atoms with E-state index in [4.69, 9.17) is 0 Å². The van der Waals surface area contributed by atoms with Crippen LogP contribution in [-0.2, 0) is 7.05 Å². The lowest BCUT2D eigenvalue weighted by Crippen LogP contribution is -2.36. The van der Waals surface area contributed by atoms with Gasteiger partial charge in [0.1, 0.15) is 0 Å². The van der Waals surface area contributed by atoms with E-state index in [0.29, 0.717) is 6.04 Å². The number of nitrogens with one attached hydrogen (secondary N) is 1. The third-order valence-corrected chi connectivity index (χ3v) is 4.23. The summed E-state index contributed by atoms with van der Waals surface area (Å²) in [6, 6.07) is 1.94. The fourth-order valence-electron chi connectivity index (χ4n) is 2.31. The second-order valence-electron chi connectivity index (χ2n) is 5.40. The smallest absolute Gasteiger partial charge is 0.252 e. The number of nitrogens with zero attached hydrogens (tertiary/aromatic N) is 1. The SMILES string of the molecule is Cn1cc(Br)c(NC2CCC(C)(O)CC2)cc1=O. The summed E-state index contributed by atoms with van der Waals surface area (Å²) in [5, 5.41) is 13.3. The Bertz CT molecular complexity index is 486. The molecule has 0 saturated heterocycles. The number of halogens is 1. The Morgan fingerprint density at radius 1 is 1.50 bits per heavy atom. The summed E-state index contributed by atoms with van der Waals surface area (Å²) < 4.78 is 2.43. The first-order valence-electron chi connectivity index (χ1n) is 6.22. The minimum atomic E-state index is -0.526. The zero-order valence-corrected chi connectivity index (χ0v) is 12.3. The Morgan fingerprint density at radius 2 is 2.11 bits per heavy atom. The van der Waals surface area contributed by atoms with Crippen LogP contribution < -0.4 is 10.9 Å². The van der Waals surface area contributed by atoms with Crippen molar-refractivity contribution in [3.05, 3.63) is 27.1 Å². The van der Waals surface area contributed by atoms with Crippen molar-refractivity contribution in [2.24, 2.45) is 7.05 Å². The van der Waals surface area contributed by atoms with E-state index in [1.54, 1.807) is 23.9 Å². The van der Waals surface area contributed by atoms with Gasteiger partial charge in [0.25, 0.3) is 5.56 Å². The largest absolute Gasteiger partial charge is 0.390 e. The van der Waals surface area contributed by atoms with Crippen molar-refractivity contribution >= 4 is 21.6 Å². The van der Waals surface area contributed by atoms with Crippen LogP contribution in [0.25, 0.3) is 0 Å². The lowest BCUT2D eigenvalue weighted by atomic mass is 9.83. The van der Waals surface area contributed by atoms with E-state index in [1.165, 1.54) is 0 Å². The van der Waals surface area contributed by atoms with E-state index in [9.17, 15) is 9.90 Å². The summed E-state index contributed by atoms with van der Waals surface area (Å²) >= 11 is 3.46. The average Bonchev–Trinajstić information content (AvgIpc) is 2.28. The maximum absolute atomic E-state index is 11.6. The molecule has 0 aromatic carbocycles. The van der Waals surface area contributed by atoms with Crippen molar-refractivity contribution in [2.45, 2.75) is 44.2 Å². The van der Waals surface area contributed by atoms with Crippen molar-refractivity contribution in [1.82, 2.24) is 4.57 Å². The minimum Gasteiger partial charge on any atom is -0.390 e. The van der Waals surface area contributed by atoms with E-state index in [1.807, 2.05) is 6.92 Å². The van der Waals surface area contributed by atoms with Gasteiger partial charge in [0, 0.05) is 25.4 Å². The molecule has 0 spiro atoms. The molecule has 18 heavy (non-hydrogen) atoms. The van der Waals surface area contributed by atoms with Crippen molar-refractivity contribution in [3.8, 4) is 0 Å². The van der Waals surface area contributed by atoms with Crippen LogP contribution in [0.4, 0.5) is 5.69 Å². The highest BCUT2D eigenvalue weighted by Gasteiger charge is 2.28. The predicted molar refractivity (Wildman–Crippen MR) is 75.9 cm³/mol.